The van der Waals surface area contributed by atoms with Crippen LogP contribution in [0.5, 0.6) is 0 Å². The van der Waals surface area contributed by atoms with Crippen molar-refractivity contribution in [2.24, 2.45) is 5.92 Å². The van der Waals surface area contributed by atoms with Gasteiger partial charge in [0, 0.05) is 12.6 Å². The minimum atomic E-state index is -4.46. The van der Waals surface area contributed by atoms with Crippen molar-refractivity contribution in [1.29, 1.82) is 0 Å². The van der Waals surface area contributed by atoms with Crippen LogP contribution in [0, 0.1) is 5.92 Å². The van der Waals surface area contributed by atoms with Crippen LogP contribution in [0.4, 0.5) is 13.2 Å². The first-order valence-electron chi connectivity index (χ1n) is 6.63. The van der Waals surface area contributed by atoms with E-state index < -0.39 is 30.0 Å². The first kappa shape index (κ1) is 16.7. The summed E-state index contributed by atoms with van der Waals surface area (Å²) in [5.74, 6) is -2.41. The fourth-order valence-corrected chi connectivity index (χ4v) is 2.10. The normalized spacial score (nSPS) is 24.9. The molecule has 0 bridgehead atoms. The first-order chi connectivity index (χ1) is 9.25. The van der Waals surface area contributed by atoms with Gasteiger partial charge in [-0.05, 0) is 26.3 Å². The molecule has 8 heteroatoms. The molecule has 1 aliphatic rings. The van der Waals surface area contributed by atoms with E-state index >= 15 is 0 Å². The molecule has 0 spiro atoms. The van der Waals surface area contributed by atoms with Gasteiger partial charge in [0.25, 0.3) is 0 Å². The second kappa shape index (κ2) is 6.92. The summed E-state index contributed by atoms with van der Waals surface area (Å²) < 4.78 is 37.4. The third-order valence-electron chi connectivity index (χ3n) is 3.22. The molecule has 2 unspecified atom stereocenters. The third kappa shape index (κ3) is 4.66. The number of alkyl halides is 3. The Morgan fingerprint density at radius 3 is 2.60 bits per heavy atom. The Kier molecular flexibility index (Phi) is 5.79. The summed E-state index contributed by atoms with van der Waals surface area (Å²) in [4.78, 5) is 23.4. The Labute approximate surface area is 115 Å². The summed E-state index contributed by atoms with van der Waals surface area (Å²) in [7, 11) is 0. The van der Waals surface area contributed by atoms with Gasteiger partial charge < -0.3 is 16.0 Å². The van der Waals surface area contributed by atoms with Crippen molar-refractivity contribution < 1.29 is 22.8 Å². The van der Waals surface area contributed by atoms with Crippen LogP contribution >= 0.6 is 0 Å². The summed E-state index contributed by atoms with van der Waals surface area (Å²) in [6, 6.07) is -1.81. The number of carbonyl (C=O) groups is 2. The molecule has 0 radical (unpaired) electrons. The van der Waals surface area contributed by atoms with Gasteiger partial charge in [-0.2, -0.15) is 13.2 Å². The lowest BCUT2D eigenvalue weighted by Gasteiger charge is -2.30. The minimum Gasteiger partial charge on any atom is -0.354 e. The van der Waals surface area contributed by atoms with Crippen LogP contribution < -0.4 is 16.0 Å². The molecule has 3 atom stereocenters. The monoisotopic (exact) mass is 295 g/mol. The Balaban J connectivity index is 2.45. The largest absolute Gasteiger partial charge is 0.408 e. The number of amides is 2. The van der Waals surface area contributed by atoms with Crippen molar-refractivity contribution >= 4 is 11.8 Å². The molecule has 5 nitrogen and oxygen atoms in total. The van der Waals surface area contributed by atoms with E-state index in [1.165, 1.54) is 0 Å². The van der Waals surface area contributed by atoms with Gasteiger partial charge >= 0.3 is 6.18 Å². The number of rotatable bonds is 5. The van der Waals surface area contributed by atoms with Crippen LogP contribution in [-0.4, -0.2) is 43.2 Å². The van der Waals surface area contributed by atoms with Crippen molar-refractivity contribution in [3.63, 3.8) is 0 Å². The topological polar surface area (TPSA) is 70.2 Å². The summed E-state index contributed by atoms with van der Waals surface area (Å²) in [6.45, 7) is 4.86. The van der Waals surface area contributed by atoms with Gasteiger partial charge in [-0.25, -0.2) is 0 Å². The Hall–Kier alpha value is -1.31. The van der Waals surface area contributed by atoms with Crippen LogP contribution in [0.3, 0.4) is 0 Å². The van der Waals surface area contributed by atoms with Crippen molar-refractivity contribution in [1.82, 2.24) is 16.0 Å². The first-order valence-corrected chi connectivity index (χ1v) is 6.63. The number of hydrogen-bond acceptors (Lipinski definition) is 3. The zero-order chi connectivity index (χ0) is 15.3. The average molecular weight is 295 g/mol. The van der Waals surface area contributed by atoms with Crippen LogP contribution in [0.2, 0.25) is 0 Å². The maximum atomic E-state index is 12.5. The molecule has 1 saturated heterocycles. The zero-order valence-electron chi connectivity index (χ0n) is 11.5. The standard InChI is InChI=1S/C12H20F3N3O2/c1-3-16-7(2)6-17-10(19)8-4-5-9(12(13,14)15)18-11(8)20/h7-9,16H,3-6H2,1-2H3,(H,17,19)(H,18,20)/t7-,8?,9?/m1/s1. The van der Waals surface area contributed by atoms with E-state index in [2.05, 4.69) is 10.6 Å². The number of halogens is 3. The fourth-order valence-electron chi connectivity index (χ4n) is 2.10. The van der Waals surface area contributed by atoms with Crippen molar-refractivity contribution in [3.8, 4) is 0 Å². The molecule has 0 saturated carbocycles. The number of nitrogens with one attached hydrogen (secondary N) is 3. The van der Waals surface area contributed by atoms with Gasteiger partial charge in [0.15, 0.2) is 0 Å². The highest BCUT2D eigenvalue weighted by molar-refractivity contribution is 6.00. The maximum absolute atomic E-state index is 12.5. The van der Waals surface area contributed by atoms with Gasteiger partial charge in [0.1, 0.15) is 12.0 Å². The predicted molar refractivity (Wildman–Crippen MR) is 66.9 cm³/mol. The van der Waals surface area contributed by atoms with E-state index in [1.807, 2.05) is 19.2 Å². The lowest BCUT2D eigenvalue weighted by Crippen LogP contribution is -2.55. The molecule has 2 amide bonds. The summed E-state index contributed by atoms with van der Waals surface area (Å²) in [5, 5.41) is 7.52. The SMILES string of the molecule is CCN[C@H](C)CNC(=O)C1CCC(C(F)(F)F)NC1=O. The number of piperidine rings is 1. The molecule has 1 rings (SSSR count). The second-order valence-electron chi connectivity index (χ2n) is 4.94. The highest BCUT2D eigenvalue weighted by atomic mass is 19.4. The van der Waals surface area contributed by atoms with E-state index in [4.69, 9.17) is 0 Å². The summed E-state index contributed by atoms with van der Waals surface area (Å²) in [5.41, 5.74) is 0. The molecule has 3 N–H and O–H groups in total. The van der Waals surface area contributed by atoms with Gasteiger partial charge in [-0.1, -0.05) is 6.92 Å². The Morgan fingerprint density at radius 1 is 1.45 bits per heavy atom. The van der Waals surface area contributed by atoms with Crippen molar-refractivity contribution in [2.75, 3.05) is 13.1 Å². The molecule has 0 aliphatic carbocycles. The molecular weight excluding hydrogens is 275 g/mol. The number of hydrogen-bond donors (Lipinski definition) is 3. The van der Waals surface area contributed by atoms with Crippen LogP contribution in [0.15, 0.2) is 0 Å². The van der Waals surface area contributed by atoms with E-state index in [9.17, 15) is 22.8 Å². The van der Waals surface area contributed by atoms with Crippen molar-refractivity contribution in [2.45, 2.75) is 44.9 Å². The molecule has 20 heavy (non-hydrogen) atoms. The lowest BCUT2D eigenvalue weighted by molar-refractivity contribution is -0.171. The van der Waals surface area contributed by atoms with E-state index in [0.29, 0.717) is 6.54 Å². The van der Waals surface area contributed by atoms with E-state index in [-0.39, 0.29) is 18.9 Å². The van der Waals surface area contributed by atoms with Crippen LogP contribution in [-0.2, 0) is 9.59 Å². The van der Waals surface area contributed by atoms with Crippen molar-refractivity contribution in [3.05, 3.63) is 0 Å². The zero-order valence-corrected chi connectivity index (χ0v) is 11.5. The molecule has 1 fully saturated rings. The van der Waals surface area contributed by atoms with E-state index in [0.717, 1.165) is 6.54 Å². The molecular formula is C12H20F3N3O2. The third-order valence-corrected chi connectivity index (χ3v) is 3.22. The molecule has 0 aromatic rings. The highest BCUT2D eigenvalue weighted by Crippen LogP contribution is 2.28. The predicted octanol–water partition coefficient (Wildman–Crippen LogP) is 0.558. The molecule has 116 valence electrons. The number of carbonyl (C=O) groups excluding carboxylic acids is 2. The minimum absolute atomic E-state index is 0.0403. The van der Waals surface area contributed by atoms with Gasteiger partial charge in [0.2, 0.25) is 11.8 Å². The average Bonchev–Trinajstić information content (AvgIpc) is 2.35. The second-order valence-corrected chi connectivity index (χ2v) is 4.94. The fraction of sp³-hybridized carbons (Fsp3) is 0.833. The molecule has 1 aliphatic heterocycles. The van der Waals surface area contributed by atoms with E-state index in [1.54, 1.807) is 0 Å². The summed E-state index contributed by atoms with van der Waals surface area (Å²) >= 11 is 0. The van der Waals surface area contributed by atoms with Gasteiger partial charge in [-0.15, -0.1) is 0 Å². The summed E-state index contributed by atoms with van der Waals surface area (Å²) in [6.07, 6.45) is -4.82. The molecule has 0 aromatic carbocycles. The quantitative estimate of drug-likeness (QED) is 0.649. The number of likely N-dealkylation sites (N-methyl/N-ethyl adjacent to an activating group) is 1. The molecule has 1 heterocycles. The highest BCUT2D eigenvalue weighted by Gasteiger charge is 2.45. The van der Waals surface area contributed by atoms with Gasteiger partial charge in [0.05, 0.1) is 0 Å². The Bertz CT molecular complexity index is 360. The molecule has 0 aromatic heterocycles. The Morgan fingerprint density at radius 2 is 2.10 bits per heavy atom. The smallest absolute Gasteiger partial charge is 0.354 e. The van der Waals surface area contributed by atoms with Crippen LogP contribution in [0.25, 0.3) is 0 Å². The van der Waals surface area contributed by atoms with Crippen LogP contribution in [0.1, 0.15) is 26.7 Å². The maximum Gasteiger partial charge on any atom is 0.408 e. The lowest BCUT2D eigenvalue weighted by atomic mass is 9.93. The van der Waals surface area contributed by atoms with Gasteiger partial charge in [-0.3, -0.25) is 9.59 Å².